The smallest absolute Gasteiger partial charge is 0.341 e. The number of fused-ring (bicyclic) bond motifs is 1. The third-order valence-corrected chi connectivity index (χ3v) is 6.27. The molecule has 144 valence electrons. The molecule has 5 heteroatoms. The van der Waals surface area contributed by atoms with Crippen LogP contribution < -0.4 is 5.32 Å². The minimum absolute atomic E-state index is 0.181. The Hall–Kier alpha value is -2.14. The highest BCUT2D eigenvalue weighted by molar-refractivity contribution is 7.17. The molecule has 2 aromatic rings. The van der Waals surface area contributed by atoms with Gasteiger partial charge in [-0.25, -0.2) is 4.79 Å². The van der Waals surface area contributed by atoms with Crippen LogP contribution in [0.2, 0.25) is 0 Å². The van der Waals surface area contributed by atoms with Gasteiger partial charge in [-0.1, -0.05) is 19.4 Å². The first kappa shape index (κ1) is 19.6. The van der Waals surface area contributed by atoms with Crippen LogP contribution >= 0.6 is 11.3 Å². The molecule has 1 amide bonds. The fourth-order valence-corrected chi connectivity index (χ4v) is 4.64. The third-order valence-electron chi connectivity index (χ3n) is 5.06. The van der Waals surface area contributed by atoms with E-state index in [9.17, 15) is 9.59 Å². The summed E-state index contributed by atoms with van der Waals surface area (Å²) in [5.74, 6) is -0.495. The summed E-state index contributed by atoms with van der Waals surface area (Å²) < 4.78 is 5.42. The number of hydrogen-bond donors (Lipinski definition) is 1. The Bertz CT molecular complexity index is 853. The topological polar surface area (TPSA) is 55.4 Å². The van der Waals surface area contributed by atoms with Crippen LogP contribution in [0.3, 0.4) is 0 Å². The van der Waals surface area contributed by atoms with Crippen LogP contribution in [-0.2, 0) is 17.6 Å². The molecule has 0 atom stereocenters. The number of rotatable bonds is 5. The van der Waals surface area contributed by atoms with Crippen molar-refractivity contribution in [2.45, 2.75) is 59.3 Å². The maximum absolute atomic E-state index is 12.8. The number of hydrogen-bond acceptors (Lipinski definition) is 4. The minimum atomic E-state index is -0.313. The average molecular weight is 386 g/mol. The van der Waals surface area contributed by atoms with E-state index in [1.807, 2.05) is 39.0 Å². The molecule has 3 rings (SSSR count). The van der Waals surface area contributed by atoms with Crippen molar-refractivity contribution in [1.29, 1.82) is 0 Å². The number of benzene rings is 1. The van der Waals surface area contributed by atoms with Gasteiger partial charge in [-0.15, -0.1) is 11.3 Å². The zero-order chi connectivity index (χ0) is 19.4. The normalized spacial score (nSPS) is 13.6. The lowest BCUT2D eigenvalue weighted by Crippen LogP contribution is -2.15. The van der Waals surface area contributed by atoms with Gasteiger partial charge in [-0.3, -0.25) is 4.79 Å². The Kier molecular flexibility index (Phi) is 6.32. The Balaban J connectivity index is 1.92. The van der Waals surface area contributed by atoms with Crippen molar-refractivity contribution in [3.8, 4) is 0 Å². The van der Waals surface area contributed by atoms with E-state index in [1.54, 1.807) is 0 Å². The second kappa shape index (κ2) is 8.70. The lowest BCUT2D eigenvalue weighted by molar-refractivity contribution is 0.0505. The fourth-order valence-electron chi connectivity index (χ4n) is 3.37. The van der Waals surface area contributed by atoms with Crippen LogP contribution in [0.25, 0.3) is 0 Å². The molecule has 4 nitrogen and oxygen atoms in total. The lowest BCUT2D eigenvalue weighted by Gasteiger charge is -2.10. The first-order chi connectivity index (χ1) is 13.0. The molecule has 0 saturated heterocycles. The number of carbonyl (C=O) groups excluding carboxylic acids is 2. The standard InChI is InChI=1S/C22H27NO3S/c1-4-12-26-22(25)19-17-8-6-5-7-9-18(17)27-21(19)23-20(24)16-11-10-14(2)15(3)13-16/h10-11,13H,4-9,12H2,1-3H3,(H,23,24). The van der Waals surface area contributed by atoms with Crippen molar-refractivity contribution in [2.24, 2.45) is 0 Å². The molecule has 1 aromatic heterocycles. The molecule has 0 unspecified atom stereocenters. The number of aryl methyl sites for hydroxylation is 3. The van der Waals surface area contributed by atoms with Crippen molar-refractivity contribution in [3.63, 3.8) is 0 Å². The van der Waals surface area contributed by atoms with Gasteiger partial charge in [0, 0.05) is 10.4 Å². The number of anilines is 1. The van der Waals surface area contributed by atoms with Crippen LogP contribution in [0.5, 0.6) is 0 Å². The number of amides is 1. The SMILES string of the molecule is CCCOC(=O)c1c(NC(=O)c2ccc(C)c(C)c2)sc2c1CCCCC2. The van der Waals surface area contributed by atoms with E-state index in [0.29, 0.717) is 22.7 Å². The molecule has 1 aliphatic carbocycles. The van der Waals surface area contributed by atoms with Crippen LogP contribution in [0, 0.1) is 13.8 Å². The van der Waals surface area contributed by atoms with E-state index >= 15 is 0 Å². The summed E-state index contributed by atoms with van der Waals surface area (Å²) in [6.07, 6.45) is 6.00. The third kappa shape index (κ3) is 4.41. The summed E-state index contributed by atoms with van der Waals surface area (Å²) in [4.78, 5) is 26.7. The quantitative estimate of drug-likeness (QED) is 0.550. The average Bonchev–Trinajstić information content (AvgIpc) is 2.82. The molecule has 1 aliphatic rings. The highest BCUT2D eigenvalue weighted by Crippen LogP contribution is 2.38. The highest BCUT2D eigenvalue weighted by atomic mass is 32.1. The van der Waals surface area contributed by atoms with E-state index in [2.05, 4.69) is 5.32 Å². The number of thiophene rings is 1. The molecular formula is C22H27NO3S. The van der Waals surface area contributed by atoms with Crippen molar-refractivity contribution in [2.75, 3.05) is 11.9 Å². The number of ether oxygens (including phenoxy) is 1. The largest absolute Gasteiger partial charge is 0.462 e. The Morgan fingerprint density at radius 3 is 2.63 bits per heavy atom. The van der Waals surface area contributed by atoms with Gasteiger partial charge in [-0.05, 0) is 74.8 Å². The highest BCUT2D eigenvalue weighted by Gasteiger charge is 2.27. The van der Waals surface area contributed by atoms with Gasteiger partial charge in [0.2, 0.25) is 0 Å². The molecule has 1 aromatic carbocycles. The van der Waals surface area contributed by atoms with Crippen LogP contribution in [-0.4, -0.2) is 18.5 Å². The summed E-state index contributed by atoms with van der Waals surface area (Å²) in [7, 11) is 0. The van der Waals surface area contributed by atoms with E-state index in [1.165, 1.54) is 22.6 Å². The first-order valence-corrected chi connectivity index (χ1v) is 10.5. The van der Waals surface area contributed by atoms with Crippen LogP contribution in [0.15, 0.2) is 18.2 Å². The van der Waals surface area contributed by atoms with Crippen LogP contribution in [0.1, 0.15) is 74.9 Å². The maximum Gasteiger partial charge on any atom is 0.341 e. The second-order valence-electron chi connectivity index (χ2n) is 7.16. The minimum Gasteiger partial charge on any atom is -0.462 e. The molecule has 0 radical (unpaired) electrons. The van der Waals surface area contributed by atoms with Crippen molar-refractivity contribution >= 4 is 28.2 Å². The molecule has 27 heavy (non-hydrogen) atoms. The predicted octanol–water partition coefficient (Wildman–Crippen LogP) is 5.45. The van der Waals surface area contributed by atoms with Gasteiger partial charge in [0.05, 0.1) is 12.2 Å². The lowest BCUT2D eigenvalue weighted by atomic mass is 10.0. The van der Waals surface area contributed by atoms with Gasteiger partial charge in [0.25, 0.3) is 5.91 Å². The predicted molar refractivity (Wildman–Crippen MR) is 110 cm³/mol. The van der Waals surface area contributed by atoms with Gasteiger partial charge >= 0.3 is 5.97 Å². The fraction of sp³-hybridized carbons (Fsp3) is 0.455. The summed E-state index contributed by atoms with van der Waals surface area (Å²) in [5.41, 5.74) is 4.48. The molecule has 0 bridgehead atoms. The number of nitrogens with one attached hydrogen (secondary N) is 1. The number of esters is 1. The van der Waals surface area contributed by atoms with Gasteiger partial charge in [-0.2, -0.15) is 0 Å². The van der Waals surface area contributed by atoms with E-state index in [4.69, 9.17) is 4.74 Å². The Morgan fingerprint density at radius 1 is 1.11 bits per heavy atom. The summed E-state index contributed by atoms with van der Waals surface area (Å²) >= 11 is 1.53. The first-order valence-electron chi connectivity index (χ1n) is 9.71. The molecule has 1 N–H and O–H groups in total. The van der Waals surface area contributed by atoms with E-state index in [0.717, 1.165) is 48.8 Å². The second-order valence-corrected chi connectivity index (χ2v) is 8.26. The number of carbonyl (C=O) groups is 2. The maximum atomic E-state index is 12.8. The van der Waals surface area contributed by atoms with Crippen molar-refractivity contribution in [1.82, 2.24) is 0 Å². The van der Waals surface area contributed by atoms with E-state index < -0.39 is 0 Å². The zero-order valence-electron chi connectivity index (χ0n) is 16.3. The van der Waals surface area contributed by atoms with Gasteiger partial charge in [0.15, 0.2) is 0 Å². The summed E-state index contributed by atoms with van der Waals surface area (Å²) in [6.45, 7) is 6.39. The molecule has 0 spiro atoms. The van der Waals surface area contributed by atoms with E-state index in [-0.39, 0.29) is 11.9 Å². The summed E-state index contributed by atoms with van der Waals surface area (Å²) in [5, 5.41) is 3.62. The summed E-state index contributed by atoms with van der Waals surface area (Å²) in [6, 6.07) is 5.66. The van der Waals surface area contributed by atoms with Gasteiger partial charge < -0.3 is 10.1 Å². The van der Waals surface area contributed by atoms with Crippen molar-refractivity contribution < 1.29 is 14.3 Å². The Morgan fingerprint density at radius 2 is 1.89 bits per heavy atom. The Labute approximate surface area is 164 Å². The van der Waals surface area contributed by atoms with Crippen molar-refractivity contribution in [3.05, 3.63) is 50.9 Å². The molecule has 0 aliphatic heterocycles. The van der Waals surface area contributed by atoms with Gasteiger partial charge in [0.1, 0.15) is 5.00 Å². The monoisotopic (exact) mass is 385 g/mol. The van der Waals surface area contributed by atoms with Crippen LogP contribution in [0.4, 0.5) is 5.00 Å². The molecule has 0 saturated carbocycles. The molecule has 1 heterocycles. The molecular weight excluding hydrogens is 358 g/mol. The molecule has 0 fully saturated rings. The zero-order valence-corrected chi connectivity index (χ0v) is 17.1.